The van der Waals surface area contributed by atoms with Crippen molar-refractivity contribution >= 4 is 11.6 Å². The molecule has 0 aliphatic rings. The van der Waals surface area contributed by atoms with Gasteiger partial charge in [0.2, 0.25) is 0 Å². The summed E-state index contributed by atoms with van der Waals surface area (Å²) in [5.41, 5.74) is 3.06. The molecule has 7 heteroatoms. The molecule has 7 nitrogen and oxygen atoms in total. The Morgan fingerprint density at radius 2 is 1.73 bits per heavy atom. The summed E-state index contributed by atoms with van der Waals surface area (Å²) in [4.78, 5) is 12.4. The lowest BCUT2D eigenvalue weighted by atomic mass is 10.1. The normalized spacial score (nSPS) is 11.3. The van der Waals surface area contributed by atoms with Crippen LogP contribution < -0.4 is 5.32 Å². The van der Waals surface area contributed by atoms with E-state index in [4.69, 9.17) is 0 Å². The second-order valence-corrected chi connectivity index (χ2v) is 5.66. The average molecular weight is 349 g/mol. The molecule has 0 saturated carbocycles. The lowest BCUT2D eigenvalue weighted by molar-refractivity contribution is 0.0949. The number of hydrogen-bond acceptors (Lipinski definition) is 5. The molecule has 1 heterocycles. The van der Waals surface area contributed by atoms with Gasteiger partial charge in [-0.15, -0.1) is 0 Å². The van der Waals surface area contributed by atoms with Crippen molar-refractivity contribution in [2.75, 3.05) is 6.54 Å². The first kappa shape index (κ1) is 17.3. The highest BCUT2D eigenvalue weighted by Crippen LogP contribution is 2.18. The maximum atomic E-state index is 12.4. The van der Waals surface area contributed by atoms with E-state index in [1.165, 1.54) is 0 Å². The van der Waals surface area contributed by atoms with E-state index in [0.29, 0.717) is 30.8 Å². The number of benzene rings is 2. The number of oxime groups is 1. The Balaban J connectivity index is 1.55. The van der Waals surface area contributed by atoms with Crippen molar-refractivity contribution in [3.63, 3.8) is 0 Å². The van der Waals surface area contributed by atoms with E-state index in [9.17, 15) is 10.0 Å². The Labute approximate surface area is 150 Å². The van der Waals surface area contributed by atoms with Gasteiger partial charge in [0.15, 0.2) is 5.69 Å². The zero-order valence-corrected chi connectivity index (χ0v) is 14.1. The Morgan fingerprint density at radius 3 is 2.42 bits per heavy atom. The van der Waals surface area contributed by atoms with Crippen molar-refractivity contribution < 1.29 is 10.0 Å². The lowest BCUT2D eigenvalue weighted by Gasteiger charge is -2.06. The van der Waals surface area contributed by atoms with Crippen molar-refractivity contribution in [3.8, 4) is 11.3 Å². The summed E-state index contributed by atoms with van der Waals surface area (Å²) in [6.07, 6.45) is 1.18. The maximum absolute atomic E-state index is 12.4. The van der Waals surface area contributed by atoms with Crippen molar-refractivity contribution in [1.82, 2.24) is 20.7 Å². The van der Waals surface area contributed by atoms with Gasteiger partial charge in [-0.3, -0.25) is 4.79 Å². The second-order valence-electron chi connectivity index (χ2n) is 5.66. The van der Waals surface area contributed by atoms with Crippen LogP contribution in [0.5, 0.6) is 0 Å². The van der Waals surface area contributed by atoms with Crippen molar-refractivity contribution in [2.45, 2.75) is 12.8 Å². The van der Waals surface area contributed by atoms with Gasteiger partial charge >= 0.3 is 0 Å². The molecule has 0 radical (unpaired) electrons. The molecule has 0 spiro atoms. The molecule has 132 valence electrons. The number of rotatable bonds is 7. The first-order chi connectivity index (χ1) is 12.8. The van der Waals surface area contributed by atoms with Crippen molar-refractivity contribution in [2.24, 2.45) is 5.16 Å². The fourth-order valence-corrected chi connectivity index (χ4v) is 2.61. The van der Waals surface area contributed by atoms with Crippen molar-refractivity contribution in [3.05, 3.63) is 71.9 Å². The number of H-pyrrole nitrogens is 1. The molecule has 3 N–H and O–H groups in total. The Hall–Kier alpha value is -3.48. The number of aromatic amines is 1. The van der Waals surface area contributed by atoms with Crippen LogP contribution in [0.2, 0.25) is 0 Å². The number of hydrogen-bond donors (Lipinski definition) is 3. The summed E-state index contributed by atoms with van der Waals surface area (Å²) in [5, 5.41) is 25.9. The van der Waals surface area contributed by atoms with E-state index in [0.717, 1.165) is 11.1 Å². The standard InChI is InChI=1S/C19H19N5O2/c25-19(18-17(21-24-22-18)15-10-5-2-6-11-15)20-13-7-12-16(23-26)14-8-3-1-4-9-14/h1-6,8-11,26H,7,12-13H2,(H,20,25)(H,21,22,24)/b23-16-. The van der Waals surface area contributed by atoms with Crippen LogP contribution in [-0.4, -0.2) is 38.8 Å². The smallest absolute Gasteiger partial charge is 0.274 e. The lowest BCUT2D eigenvalue weighted by Crippen LogP contribution is -2.26. The molecule has 0 saturated heterocycles. The van der Waals surface area contributed by atoms with Gasteiger partial charge in [-0.1, -0.05) is 65.8 Å². The van der Waals surface area contributed by atoms with Crippen LogP contribution in [0, 0.1) is 0 Å². The zero-order chi connectivity index (χ0) is 18.2. The van der Waals surface area contributed by atoms with Gasteiger partial charge in [-0.05, 0) is 18.4 Å². The van der Waals surface area contributed by atoms with Crippen LogP contribution >= 0.6 is 0 Å². The highest BCUT2D eigenvalue weighted by Gasteiger charge is 2.17. The monoisotopic (exact) mass is 349 g/mol. The molecule has 26 heavy (non-hydrogen) atoms. The summed E-state index contributed by atoms with van der Waals surface area (Å²) in [7, 11) is 0. The second kappa shape index (κ2) is 8.57. The summed E-state index contributed by atoms with van der Waals surface area (Å²) >= 11 is 0. The van der Waals surface area contributed by atoms with Crippen LogP contribution in [-0.2, 0) is 0 Å². The highest BCUT2D eigenvalue weighted by molar-refractivity contribution is 6.00. The Morgan fingerprint density at radius 1 is 1.04 bits per heavy atom. The van der Waals surface area contributed by atoms with E-state index >= 15 is 0 Å². The molecule has 3 aromatic rings. The third-order valence-electron chi connectivity index (χ3n) is 3.91. The van der Waals surface area contributed by atoms with Gasteiger partial charge in [0.25, 0.3) is 5.91 Å². The third kappa shape index (κ3) is 4.13. The molecule has 0 bridgehead atoms. The fourth-order valence-electron chi connectivity index (χ4n) is 2.61. The predicted octanol–water partition coefficient (Wildman–Crippen LogP) is 2.86. The maximum Gasteiger partial charge on any atom is 0.274 e. The summed E-state index contributed by atoms with van der Waals surface area (Å²) < 4.78 is 0. The molecule has 3 rings (SSSR count). The molecular formula is C19H19N5O2. The largest absolute Gasteiger partial charge is 0.411 e. The minimum absolute atomic E-state index is 0.260. The Bertz CT molecular complexity index is 875. The number of amides is 1. The van der Waals surface area contributed by atoms with E-state index in [1.807, 2.05) is 60.7 Å². The van der Waals surface area contributed by atoms with Gasteiger partial charge in [0, 0.05) is 12.1 Å². The van der Waals surface area contributed by atoms with Gasteiger partial charge in [0.05, 0.1) is 5.71 Å². The summed E-state index contributed by atoms with van der Waals surface area (Å²) in [6, 6.07) is 18.9. The number of carbonyl (C=O) groups excluding carboxylic acids is 1. The molecule has 1 aromatic heterocycles. The predicted molar refractivity (Wildman–Crippen MR) is 98.2 cm³/mol. The van der Waals surface area contributed by atoms with Crippen LogP contribution in [0.4, 0.5) is 0 Å². The molecule has 0 fully saturated rings. The van der Waals surface area contributed by atoms with E-state index in [-0.39, 0.29) is 11.6 Å². The number of nitrogens with zero attached hydrogens (tertiary/aromatic N) is 3. The molecule has 1 amide bonds. The summed E-state index contributed by atoms with van der Waals surface area (Å²) in [5.74, 6) is -0.292. The Kier molecular flexibility index (Phi) is 5.72. The molecule has 0 aliphatic carbocycles. The molecule has 2 aromatic carbocycles. The van der Waals surface area contributed by atoms with Gasteiger partial charge in [-0.25, -0.2) is 0 Å². The van der Waals surface area contributed by atoms with Gasteiger partial charge < -0.3 is 10.5 Å². The molecule has 0 unspecified atom stereocenters. The fraction of sp³-hybridized carbons (Fsp3) is 0.158. The van der Waals surface area contributed by atoms with Crippen molar-refractivity contribution in [1.29, 1.82) is 0 Å². The topological polar surface area (TPSA) is 103 Å². The van der Waals surface area contributed by atoms with Gasteiger partial charge in [0.1, 0.15) is 5.69 Å². The first-order valence-corrected chi connectivity index (χ1v) is 8.30. The summed E-state index contributed by atoms with van der Waals surface area (Å²) in [6.45, 7) is 0.436. The van der Waals surface area contributed by atoms with E-state index in [1.54, 1.807) is 0 Å². The molecule has 0 atom stereocenters. The minimum Gasteiger partial charge on any atom is -0.411 e. The van der Waals surface area contributed by atoms with Crippen LogP contribution in [0.25, 0.3) is 11.3 Å². The SMILES string of the molecule is O=C(NCCC/C(=N/O)c1ccccc1)c1n[nH]nc1-c1ccccc1. The quantitative estimate of drug-likeness (QED) is 0.264. The number of carbonyl (C=O) groups is 1. The van der Waals surface area contributed by atoms with Gasteiger partial charge in [-0.2, -0.15) is 15.4 Å². The first-order valence-electron chi connectivity index (χ1n) is 8.30. The molecular weight excluding hydrogens is 330 g/mol. The van der Waals surface area contributed by atoms with Crippen LogP contribution in [0.1, 0.15) is 28.9 Å². The van der Waals surface area contributed by atoms with Crippen LogP contribution in [0.15, 0.2) is 65.8 Å². The van der Waals surface area contributed by atoms with E-state index < -0.39 is 0 Å². The zero-order valence-electron chi connectivity index (χ0n) is 14.1. The highest BCUT2D eigenvalue weighted by atomic mass is 16.4. The number of nitrogens with one attached hydrogen (secondary N) is 2. The number of aromatic nitrogens is 3. The average Bonchev–Trinajstić information content (AvgIpc) is 3.19. The van der Waals surface area contributed by atoms with E-state index in [2.05, 4.69) is 25.9 Å². The molecule has 0 aliphatic heterocycles. The van der Waals surface area contributed by atoms with Crippen LogP contribution in [0.3, 0.4) is 0 Å². The minimum atomic E-state index is -0.292. The third-order valence-corrected chi connectivity index (χ3v) is 3.91.